The van der Waals surface area contributed by atoms with Gasteiger partial charge in [-0.05, 0) is 37.3 Å². The number of anilines is 3. The summed E-state index contributed by atoms with van der Waals surface area (Å²) in [5, 5.41) is -0.234. The monoisotopic (exact) mass is 427 g/mol. The van der Waals surface area contributed by atoms with Crippen LogP contribution in [0.5, 0.6) is 0 Å². The van der Waals surface area contributed by atoms with Crippen LogP contribution in [-0.2, 0) is 6.18 Å². The number of pyridine rings is 1. The number of para-hydroxylation sites is 2. The minimum absolute atomic E-state index is 0.0151. The number of hydrogen-bond donors (Lipinski definition) is 1. The molecule has 4 aromatic rings. The van der Waals surface area contributed by atoms with Gasteiger partial charge < -0.3 is 5.73 Å². The number of nitrogen functional groups attached to an aromatic ring is 1. The fourth-order valence-electron chi connectivity index (χ4n) is 3.27. The number of amides is 1. The maximum Gasteiger partial charge on any atom is 0.417 e. The first-order valence-electron chi connectivity index (χ1n) is 8.98. The summed E-state index contributed by atoms with van der Waals surface area (Å²) >= 11 is 0.867. The Kier molecular flexibility index (Phi) is 4.95. The maximum absolute atomic E-state index is 13.6. The molecule has 0 saturated carbocycles. The molecular weight excluding hydrogens is 411 g/mol. The molecule has 8 heteroatoms. The van der Waals surface area contributed by atoms with Crippen molar-refractivity contribution >= 4 is 44.5 Å². The second kappa shape index (κ2) is 7.46. The standard InChI is InChI=1S/C22H16F3N3OS/c1-13-12-16(22(23,24)25)17-18(26)19(30-20(17)27-13)21(29)28(14-8-4-2-5-9-14)15-10-6-3-7-11-15/h2-12H,26H2,1H3. The predicted octanol–water partition coefficient (Wildman–Crippen LogP) is 6.18. The Morgan fingerprint density at radius 3 is 2.03 bits per heavy atom. The van der Waals surface area contributed by atoms with Gasteiger partial charge in [0.1, 0.15) is 9.71 Å². The van der Waals surface area contributed by atoms with Gasteiger partial charge in [0, 0.05) is 22.5 Å². The number of benzene rings is 2. The van der Waals surface area contributed by atoms with Gasteiger partial charge >= 0.3 is 6.18 Å². The largest absolute Gasteiger partial charge is 0.417 e. The highest BCUT2D eigenvalue weighted by Crippen LogP contribution is 2.43. The number of alkyl halides is 3. The Hall–Kier alpha value is -3.39. The van der Waals surface area contributed by atoms with E-state index in [1.165, 1.54) is 11.8 Å². The molecular formula is C22H16F3N3OS. The SMILES string of the molecule is Cc1cc(C(F)(F)F)c2c(N)c(C(=O)N(c3ccccc3)c3ccccc3)sc2n1. The number of hydrogen-bond acceptors (Lipinski definition) is 4. The lowest BCUT2D eigenvalue weighted by molar-refractivity contribution is -0.136. The summed E-state index contributed by atoms with van der Waals surface area (Å²) in [4.78, 5) is 19.2. The number of thiophene rings is 1. The van der Waals surface area contributed by atoms with Crippen molar-refractivity contribution in [1.82, 2.24) is 4.98 Å². The van der Waals surface area contributed by atoms with Gasteiger partial charge in [-0.25, -0.2) is 4.98 Å². The molecule has 30 heavy (non-hydrogen) atoms. The molecule has 2 aromatic carbocycles. The molecule has 2 N–H and O–H groups in total. The Morgan fingerprint density at radius 2 is 1.53 bits per heavy atom. The van der Waals surface area contributed by atoms with Crippen LogP contribution in [-0.4, -0.2) is 10.9 Å². The summed E-state index contributed by atoms with van der Waals surface area (Å²) < 4.78 is 40.8. The van der Waals surface area contributed by atoms with Crippen molar-refractivity contribution in [3.63, 3.8) is 0 Å². The van der Waals surface area contributed by atoms with Crippen molar-refractivity contribution in [3.8, 4) is 0 Å². The van der Waals surface area contributed by atoms with Crippen LogP contribution in [0.1, 0.15) is 20.9 Å². The molecule has 0 unspecified atom stereocenters. The van der Waals surface area contributed by atoms with Crippen molar-refractivity contribution in [2.24, 2.45) is 0 Å². The minimum atomic E-state index is -4.61. The van der Waals surface area contributed by atoms with E-state index < -0.39 is 17.6 Å². The van der Waals surface area contributed by atoms with Crippen molar-refractivity contribution in [1.29, 1.82) is 0 Å². The summed E-state index contributed by atoms with van der Waals surface area (Å²) in [5.41, 5.74) is 6.36. The molecule has 0 spiro atoms. The van der Waals surface area contributed by atoms with Gasteiger partial charge in [-0.1, -0.05) is 36.4 Å². The first-order chi connectivity index (χ1) is 14.3. The highest BCUT2D eigenvalue weighted by molar-refractivity contribution is 7.21. The average molecular weight is 427 g/mol. The number of aryl methyl sites for hydroxylation is 1. The first kappa shape index (κ1) is 19.9. The Labute approximate surface area is 174 Å². The zero-order valence-electron chi connectivity index (χ0n) is 15.8. The molecule has 0 aliphatic carbocycles. The Morgan fingerprint density at radius 1 is 1.00 bits per heavy atom. The van der Waals surface area contributed by atoms with Gasteiger partial charge in [0.25, 0.3) is 5.91 Å². The maximum atomic E-state index is 13.6. The smallest absolute Gasteiger partial charge is 0.397 e. The number of carbonyl (C=O) groups is 1. The molecule has 0 aliphatic heterocycles. The van der Waals surface area contributed by atoms with E-state index in [0.29, 0.717) is 11.4 Å². The molecule has 0 saturated heterocycles. The van der Waals surface area contributed by atoms with Crippen LogP contribution in [0.3, 0.4) is 0 Å². The van der Waals surface area contributed by atoms with Crippen LogP contribution in [0.15, 0.2) is 66.7 Å². The molecule has 4 nitrogen and oxygen atoms in total. The molecule has 0 radical (unpaired) electrons. The lowest BCUT2D eigenvalue weighted by atomic mass is 10.1. The van der Waals surface area contributed by atoms with E-state index >= 15 is 0 Å². The summed E-state index contributed by atoms with van der Waals surface area (Å²) in [5.74, 6) is -0.515. The van der Waals surface area contributed by atoms with E-state index in [4.69, 9.17) is 5.73 Å². The Balaban J connectivity index is 1.92. The number of nitrogens with two attached hydrogens (primary N) is 1. The predicted molar refractivity (Wildman–Crippen MR) is 113 cm³/mol. The molecule has 0 aliphatic rings. The second-order valence-electron chi connectivity index (χ2n) is 6.65. The lowest BCUT2D eigenvalue weighted by Gasteiger charge is -2.22. The van der Waals surface area contributed by atoms with Gasteiger partial charge in [-0.2, -0.15) is 13.2 Å². The highest BCUT2D eigenvalue weighted by Gasteiger charge is 2.36. The fraction of sp³-hybridized carbons (Fsp3) is 0.0909. The highest BCUT2D eigenvalue weighted by atomic mass is 32.1. The van der Waals surface area contributed by atoms with E-state index in [-0.39, 0.29) is 26.5 Å². The van der Waals surface area contributed by atoms with Gasteiger partial charge in [0.2, 0.25) is 0 Å². The lowest BCUT2D eigenvalue weighted by Crippen LogP contribution is -2.25. The third kappa shape index (κ3) is 3.50. The van der Waals surface area contributed by atoms with Crippen molar-refractivity contribution in [2.45, 2.75) is 13.1 Å². The fourth-order valence-corrected chi connectivity index (χ4v) is 4.36. The van der Waals surface area contributed by atoms with Crippen molar-refractivity contribution in [2.75, 3.05) is 10.6 Å². The third-order valence-corrected chi connectivity index (χ3v) is 5.65. The van der Waals surface area contributed by atoms with E-state index in [1.807, 2.05) is 12.1 Å². The van der Waals surface area contributed by atoms with Crippen LogP contribution in [0.2, 0.25) is 0 Å². The topological polar surface area (TPSA) is 59.2 Å². The van der Waals surface area contributed by atoms with Crippen molar-refractivity contribution in [3.05, 3.63) is 82.9 Å². The number of rotatable bonds is 3. The van der Waals surface area contributed by atoms with Crippen LogP contribution >= 0.6 is 11.3 Å². The molecule has 0 atom stereocenters. The van der Waals surface area contributed by atoms with E-state index in [2.05, 4.69) is 4.98 Å². The van der Waals surface area contributed by atoms with Gasteiger partial charge in [-0.15, -0.1) is 11.3 Å². The van der Waals surface area contributed by atoms with E-state index in [0.717, 1.165) is 17.4 Å². The number of nitrogens with zero attached hydrogens (tertiary/aromatic N) is 2. The molecule has 1 amide bonds. The van der Waals surface area contributed by atoms with E-state index in [9.17, 15) is 18.0 Å². The summed E-state index contributed by atoms with van der Waals surface area (Å²) in [7, 11) is 0. The summed E-state index contributed by atoms with van der Waals surface area (Å²) in [6, 6.07) is 18.7. The van der Waals surface area contributed by atoms with Crippen molar-refractivity contribution < 1.29 is 18.0 Å². The molecule has 4 rings (SSSR count). The minimum Gasteiger partial charge on any atom is -0.397 e. The van der Waals surface area contributed by atoms with Crippen LogP contribution < -0.4 is 10.6 Å². The average Bonchev–Trinajstić information content (AvgIpc) is 3.04. The molecule has 2 heterocycles. The van der Waals surface area contributed by atoms with Crippen LogP contribution in [0.25, 0.3) is 10.2 Å². The number of aromatic nitrogens is 1. The molecule has 152 valence electrons. The van der Waals surface area contributed by atoms with Crippen LogP contribution in [0.4, 0.5) is 30.2 Å². The van der Waals surface area contributed by atoms with Gasteiger partial charge in [0.15, 0.2) is 0 Å². The zero-order valence-corrected chi connectivity index (χ0v) is 16.6. The summed E-state index contributed by atoms with van der Waals surface area (Å²) in [6.45, 7) is 1.48. The van der Waals surface area contributed by atoms with E-state index in [1.54, 1.807) is 48.5 Å². The van der Waals surface area contributed by atoms with Crippen LogP contribution in [0, 0.1) is 6.92 Å². The normalized spacial score (nSPS) is 11.6. The second-order valence-corrected chi connectivity index (χ2v) is 7.64. The summed E-state index contributed by atoms with van der Waals surface area (Å²) in [6.07, 6.45) is -4.61. The Bertz CT molecular complexity index is 1180. The quantitative estimate of drug-likeness (QED) is 0.424. The van der Waals surface area contributed by atoms with Gasteiger partial charge in [-0.3, -0.25) is 9.69 Å². The van der Waals surface area contributed by atoms with Gasteiger partial charge in [0.05, 0.1) is 11.3 Å². The number of halogens is 3. The zero-order chi connectivity index (χ0) is 21.5. The molecule has 0 fully saturated rings. The molecule has 2 aromatic heterocycles. The number of carbonyl (C=O) groups excluding carboxylic acids is 1. The third-order valence-electron chi connectivity index (χ3n) is 4.56. The molecule has 0 bridgehead atoms. The first-order valence-corrected chi connectivity index (χ1v) is 9.80. The number of fused-ring (bicyclic) bond motifs is 1.